The first-order chi connectivity index (χ1) is 19.7. The fraction of sp³-hybridized carbons (Fsp3) is 0.156. The molecule has 0 fully saturated rings. The second-order valence-corrected chi connectivity index (χ2v) is 10.8. The highest BCUT2D eigenvalue weighted by Crippen LogP contribution is 2.41. The third-order valence-corrected chi connectivity index (χ3v) is 6.87. The van der Waals surface area contributed by atoms with Crippen molar-refractivity contribution in [3.8, 4) is 5.75 Å². The lowest BCUT2D eigenvalue weighted by molar-refractivity contribution is 0.0551. The largest absolute Gasteiger partial charge is 0.489 e. The maximum atomic E-state index is 13.9. The fourth-order valence-electron chi connectivity index (χ4n) is 5.23. The van der Waals surface area contributed by atoms with Crippen molar-refractivity contribution in [3.63, 3.8) is 0 Å². The summed E-state index contributed by atoms with van der Waals surface area (Å²) in [6.45, 7) is 5.61. The Balaban J connectivity index is 1.62. The molecule has 41 heavy (non-hydrogen) atoms. The number of fused-ring (bicyclic) bond motifs is 9. The Morgan fingerprint density at radius 3 is 2.20 bits per heavy atom. The number of carbonyl (C=O) groups is 1. The highest BCUT2D eigenvalue weighted by Gasteiger charge is 2.30. The van der Waals surface area contributed by atoms with Crippen LogP contribution < -0.4 is 15.9 Å². The highest BCUT2D eigenvalue weighted by molar-refractivity contribution is 6.31. The minimum Gasteiger partial charge on any atom is -0.489 e. The van der Waals surface area contributed by atoms with Gasteiger partial charge in [-0.25, -0.2) is 9.36 Å². The summed E-state index contributed by atoms with van der Waals surface area (Å²) in [6, 6.07) is 21.9. The van der Waals surface area contributed by atoms with Crippen LogP contribution in [0.1, 0.15) is 26.3 Å². The van der Waals surface area contributed by atoms with E-state index in [4.69, 9.17) is 18.3 Å². The Kier molecular flexibility index (Phi) is 5.34. The van der Waals surface area contributed by atoms with Crippen molar-refractivity contribution >= 4 is 61.0 Å². The first-order valence-corrected chi connectivity index (χ1v) is 13.1. The molecule has 1 N–H and O–H groups in total. The standard InChI is InChI=1S/C32H24N2O7/c1-32(2,3)41-31(37)34-20-15-18(38-16-17-9-5-4-6-10-17)13-14-19(20)23-24-25(30(36)33-29(24)35)27-28(26(23)34)40-22-12-8-7-11-21(22)39-27/h4-15H,16H2,1-3H3,(H,33,35,36). The summed E-state index contributed by atoms with van der Waals surface area (Å²) in [5, 5.41) is 1.08. The maximum Gasteiger partial charge on any atom is 0.419 e. The number of H-pyrrole nitrogens is 1. The molecule has 0 amide bonds. The van der Waals surface area contributed by atoms with E-state index < -0.39 is 22.8 Å². The number of rotatable bonds is 3. The van der Waals surface area contributed by atoms with E-state index >= 15 is 0 Å². The summed E-state index contributed by atoms with van der Waals surface area (Å²) in [7, 11) is 0. The molecule has 3 heterocycles. The normalized spacial score (nSPS) is 12.2. The van der Waals surface area contributed by atoms with Gasteiger partial charge in [0.25, 0.3) is 11.1 Å². The van der Waals surface area contributed by atoms with E-state index in [0.29, 0.717) is 39.8 Å². The fourth-order valence-corrected chi connectivity index (χ4v) is 5.23. The molecule has 0 saturated carbocycles. The van der Waals surface area contributed by atoms with Crippen molar-refractivity contribution in [2.24, 2.45) is 0 Å². The monoisotopic (exact) mass is 548 g/mol. The van der Waals surface area contributed by atoms with Crippen LogP contribution in [0.2, 0.25) is 0 Å². The lowest BCUT2D eigenvalue weighted by atomic mass is 10.1. The van der Waals surface area contributed by atoms with Gasteiger partial charge in [-0.05, 0) is 50.6 Å². The second-order valence-electron chi connectivity index (χ2n) is 10.8. The lowest BCUT2D eigenvalue weighted by Gasteiger charge is -2.20. The average Bonchev–Trinajstić information content (AvgIpc) is 3.44. The van der Waals surface area contributed by atoms with E-state index in [9.17, 15) is 14.4 Å². The molecule has 0 aliphatic heterocycles. The number of ether oxygens (including phenoxy) is 2. The number of hydrogen-bond acceptors (Lipinski definition) is 7. The number of hydrogen-bond donors (Lipinski definition) is 1. The molecule has 4 aromatic carbocycles. The maximum absolute atomic E-state index is 13.9. The van der Waals surface area contributed by atoms with Crippen LogP contribution in [0.25, 0.3) is 54.9 Å². The minimum atomic E-state index is -0.824. The van der Waals surface area contributed by atoms with Gasteiger partial charge in [-0.1, -0.05) is 42.5 Å². The van der Waals surface area contributed by atoms with Gasteiger partial charge >= 0.3 is 6.09 Å². The molecule has 0 saturated heterocycles. The molecule has 9 nitrogen and oxygen atoms in total. The smallest absolute Gasteiger partial charge is 0.419 e. The lowest BCUT2D eigenvalue weighted by Crippen LogP contribution is -2.27. The Labute approximate surface area is 231 Å². The van der Waals surface area contributed by atoms with Gasteiger partial charge in [0.05, 0.1) is 16.3 Å². The van der Waals surface area contributed by atoms with Gasteiger partial charge in [0.2, 0.25) is 0 Å². The Hall–Kier alpha value is -5.31. The summed E-state index contributed by atoms with van der Waals surface area (Å²) < 4.78 is 25.7. The van der Waals surface area contributed by atoms with E-state index in [2.05, 4.69) is 4.98 Å². The molecule has 7 rings (SSSR count). The Morgan fingerprint density at radius 2 is 1.49 bits per heavy atom. The number of aromatic nitrogens is 2. The summed E-state index contributed by atoms with van der Waals surface area (Å²) >= 11 is 0. The number of para-hydroxylation sites is 2. The average molecular weight is 549 g/mol. The molecule has 3 aromatic heterocycles. The molecule has 0 bridgehead atoms. The number of nitrogens with zero attached hydrogens (tertiary/aromatic N) is 1. The quantitative estimate of drug-likeness (QED) is 0.240. The SMILES string of the molecule is CC(C)(C)OC(=O)n1c2cc(OCc3ccccc3)ccc2c2c3c(=O)[nH]c(=O)c3c3oc4ccccc4oc3c21. The Bertz CT molecular complexity index is 2280. The number of benzene rings is 4. The molecule has 0 spiro atoms. The van der Waals surface area contributed by atoms with Crippen LogP contribution in [0.4, 0.5) is 4.79 Å². The molecular formula is C32H24N2O7. The first kappa shape index (κ1) is 24.7. The van der Waals surface area contributed by atoms with E-state index in [0.717, 1.165) is 5.56 Å². The van der Waals surface area contributed by atoms with Crippen LogP contribution in [0.5, 0.6) is 5.75 Å². The number of nitrogens with one attached hydrogen (secondary N) is 1. The predicted molar refractivity (Wildman–Crippen MR) is 156 cm³/mol. The molecule has 9 heteroatoms. The van der Waals surface area contributed by atoms with Crippen LogP contribution in [0, 0.1) is 0 Å². The summed E-state index contributed by atoms with van der Waals surface area (Å²) in [5.41, 5.74) is 0.609. The topological polar surface area (TPSA) is 117 Å². The van der Waals surface area contributed by atoms with Crippen molar-refractivity contribution < 1.29 is 23.1 Å². The number of carbonyl (C=O) groups excluding carboxylic acids is 1. The molecule has 0 atom stereocenters. The third kappa shape index (κ3) is 3.97. The van der Waals surface area contributed by atoms with Gasteiger partial charge in [-0.3, -0.25) is 14.6 Å². The van der Waals surface area contributed by atoms with Crippen molar-refractivity contribution in [3.05, 3.63) is 99.1 Å². The van der Waals surface area contributed by atoms with Gasteiger partial charge in [0.1, 0.15) is 23.5 Å². The summed E-state index contributed by atoms with van der Waals surface area (Å²) in [6.07, 6.45) is -0.688. The molecular weight excluding hydrogens is 524 g/mol. The van der Waals surface area contributed by atoms with Crippen LogP contribution >= 0.6 is 0 Å². The van der Waals surface area contributed by atoms with Gasteiger partial charge in [-0.2, -0.15) is 0 Å². The van der Waals surface area contributed by atoms with Crippen LogP contribution in [-0.2, 0) is 11.3 Å². The van der Waals surface area contributed by atoms with Gasteiger partial charge < -0.3 is 18.3 Å². The van der Waals surface area contributed by atoms with Crippen molar-refractivity contribution in [2.45, 2.75) is 33.0 Å². The molecule has 0 unspecified atom stereocenters. The highest BCUT2D eigenvalue weighted by atomic mass is 16.6. The molecule has 7 aromatic rings. The third-order valence-electron chi connectivity index (χ3n) is 6.87. The van der Waals surface area contributed by atoms with E-state index in [1.807, 2.05) is 30.3 Å². The van der Waals surface area contributed by atoms with Crippen molar-refractivity contribution in [1.29, 1.82) is 0 Å². The number of aromatic amines is 1. The minimum absolute atomic E-state index is 0.0552. The predicted octanol–water partition coefficient (Wildman–Crippen LogP) is 6.85. The van der Waals surface area contributed by atoms with Crippen LogP contribution in [-0.4, -0.2) is 21.2 Å². The molecule has 0 aliphatic carbocycles. The van der Waals surface area contributed by atoms with Crippen molar-refractivity contribution in [2.75, 3.05) is 0 Å². The van der Waals surface area contributed by atoms with Crippen LogP contribution in [0.3, 0.4) is 0 Å². The summed E-state index contributed by atoms with van der Waals surface area (Å²) in [5.74, 6) is 0.502. The van der Waals surface area contributed by atoms with Crippen LogP contribution in [0.15, 0.2) is 91.2 Å². The van der Waals surface area contributed by atoms with Gasteiger partial charge in [0, 0.05) is 16.8 Å². The first-order valence-electron chi connectivity index (χ1n) is 13.1. The van der Waals surface area contributed by atoms with E-state index in [1.165, 1.54) is 4.57 Å². The zero-order chi connectivity index (χ0) is 28.5. The second kappa shape index (κ2) is 8.85. The van der Waals surface area contributed by atoms with E-state index in [-0.39, 0.29) is 27.5 Å². The Morgan fingerprint density at radius 1 is 0.829 bits per heavy atom. The van der Waals surface area contributed by atoms with Crippen molar-refractivity contribution in [1.82, 2.24) is 9.55 Å². The molecule has 0 aliphatic rings. The zero-order valence-corrected chi connectivity index (χ0v) is 22.4. The van der Waals surface area contributed by atoms with Gasteiger partial charge in [-0.15, -0.1) is 0 Å². The van der Waals surface area contributed by atoms with Gasteiger partial charge in [0.15, 0.2) is 22.3 Å². The molecule has 204 valence electrons. The summed E-state index contributed by atoms with van der Waals surface area (Å²) in [4.78, 5) is 42.5. The van der Waals surface area contributed by atoms with E-state index in [1.54, 1.807) is 63.2 Å². The zero-order valence-electron chi connectivity index (χ0n) is 22.4. The molecule has 0 radical (unpaired) electrons.